The molecule has 0 aromatic carbocycles. The number of hydrogen-bond acceptors (Lipinski definition) is 3. The highest BCUT2D eigenvalue weighted by molar-refractivity contribution is 7.53. The van der Waals surface area contributed by atoms with E-state index in [1.807, 2.05) is 0 Å². The Bertz CT molecular complexity index is 396. The van der Waals surface area contributed by atoms with Crippen LogP contribution in [0, 0.1) is 0 Å². The van der Waals surface area contributed by atoms with Gasteiger partial charge in [-0.25, -0.2) is 0 Å². The topological polar surface area (TPSA) is 83.8 Å². The minimum Gasteiger partial charge on any atom is -0.466 e. The molecule has 0 atom stereocenters. The second-order valence-electron chi connectivity index (χ2n) is 4.33. The highest BCUT2D eigenvalue weighted by Crippen LogP contribution is 2.61. The highest BCUT2D eigenvalue weighted by Gasteiger charge is 2.59. The summed E-state index contributed by atoms with van der Waals surface area (Å²) in [5, 5.41) is -3.63. The summed E-state index contributed by atoms with van der Waals surface area (Å²) in [5.74, 6) is -1.55. The van der Waals surface area contributed by atoms with Gasteiger partial charge in [0.05, 0.1) is 31.0 Å². The molecule has 0 heterocycles. The predicted octanol–water partition coefficient (Wildman–Crippen LogP) is 2.76. The Morgan fingerprint density at radius 2 is 1.43 bits per heavy atom. The largest absolute Gasteiger partial charge is 0.466 e. The van der Waals surface area contributed by atoms with Crippen LogP contribution in [0.25, 0.3) is 0 Å². The first-order chi connectivity index (χ1) is 9.12. The highest BCUT2D eigenvalue weighted by atomic mass is 31.2. The van der Waals surface area contributed by atoms with Crippen molar-refractivity contribution in [2.75, 3.05) is 6.61 Å². The molecular formula is C9H13F6O5P. The van der Waals surface area contributed by atoms with Crippen molar-refractivity contribution in [3.63, 3.8) is 0 Å². The molecule has 0 amide bonds. The molecule has 0 spiro atoms. The van der Waals surface area contributed by atoms with E-state index < -0.39 is 50.3 Å². The Balaban J connectivity index is 5.74. The standard InChI is InChI=1S/C9H13F6O5P/c1-2-20-6(16)3-7(21(17,18)19,4-8(10,11)12)5-9(13,14)15/h2-5H2,1H3,(H2,17,18,19). The third-order valence-corrected chi connectivity index (χ3v) is 4.17. The number of hydrogen-bond donors (Lipinski definition) is 2. The molecule has 0 aliphatic carbocycles. The minimum absolute atomic E-state index is 0.353. The van der Waals surface area contributed by atoms with Crippen molar-refractivity contribution in [3.05, 3.63) is 0 Å². The molecule has 0 unspecified atom stereocenters. The smallest absolute Gasteiger partial charge is 0.390 e. The summed E-state index contributed by atoms with van der Waals surface area (Å²) in [6.07, 6.45) is -17.2. The van der Waals surface area contributed by atoms with Gasteiger partial charge in [0.25, 0.3) is 0 Å². The molecule has 0 aromatic rings. The summed E-state index contributed by atoms with van der Waals surface area (Å²) in [5.41, 5.74) is 0. The van der Waals surface area contributed by atoms with Gasteiger partial charge < -0.3 is 14.5 Å². The second kappa shape index (κ2) is 6.53. The van der Waals surface area contributed by atoms with Gasteiger partial charge in [0.15, 0.2) is 0 Å². The van der Waals surface area contributed by atoms with Crippen LogP contribution < -0.4 is 0 Å². The van der Waals surface area contributed by atoms with E-state index in [2.05, 4.69) is 4.74 Å². The lowest BCUT2D eigenvalue weighted by atomic mass is 9.95. The van der Waals surface area contributed by atoms with E-state index in [-0.39, 0.29) is 6.61 Å². The average molecular weight is 346 g/mol. The molecule has 126 valence electrons. The van der Waals surface area contributed by atoms with Crippen molar-refractivity contribution in [1.82, 2.24) is 0 Å². The number of alkyl halides is 6. The van der Waals surface area contributed by atoms with Gasteiger partial charge in [-0.05, 0) is 6.92 Å². The second-order valence-corrected chi connectivity index (χ2v) is 6.37. The van der Waals surface area contributed by atoms with Crippen LogP contribution >= 0.6 is 7.60 Å². The van der Waals surface area contributed by atoms with Gasteiger partial charge in [-0.3, -0.25) is 9.36 Å². The molecule has 12 heteroatoms. The fourth-order valence-corrected chi connectivity index (χ4v) is 2.83. The molecule has 0 saturated heterocycles. The normalized spacial score (nSPS) is 14.1. The van der Waals surface area contributed by atoms with Gasteiger partial charge in [0, 0.05) is 0 Å². The van der Waals surface area contributed by atoms with Crippen molar-refractivity contribution >= 4 is 13.6 Å². The van der Waals surface area contributed by atoms with Crippen molar-refractivity contribution in [2.45, 2.75) is 43.7 Å². The number of halogens is 6. The molecule has 0 aliphatic heterocycles. The molecule has 0 bridgehead atoms. The number of ether oxygens (including phenoxy) is 1. The Morgan fingerprint density at radius 3 is 1.67 bits per heavy atom. The molecule has 0 aliphatic rings. The lowest BCUT2D eigenvalue weighted by Gasteiger charge is -2.34. The molecule has 0 radical (unpaired) electrons. The van der Waals surface area contributed by atoms with Gasteiger partial charge in [0.2, 0.25) is 0 Å². The monoisotopic (exact) mass is 346 g/mol. The van der Waals surface area contributed by atoms with Crippen LogP contribution in [0.1, 0.15) is 26.2 Å². The van der Waals surface area contributed by atoms with Gasteiger partial charge >= 0.3 is 25.9 Å². The lowest BCUT2D eigenvalue weighted by molar-refractivity contribution is -0.173. The fourth-order valence-electron chi connectivity index (χ4n) is 1.72. The maximum atomic E-state index is 12.4. The van der Waals surface area contributed by atoms with Crippen molar-refractivity contribution in [3.8, 4) is 0 Å². The quantitative estimate of drug-likeness (QED) is 0.439. The van der Waals surface area contributed by atoms with Crippen LogP contribution in [-0.2, 0) is 14.1 Å². The number of rotatable bonds is 6. The third kappa shape index (κ3) is 7.14. The van der Waals surface area contributed by atoms with E-state index in [0.717, 1.165) is 0 Å². The summed E-state index contributed by atoms with van der Waals surface area (Å²) < 4.78 is 90.0. The molecule has 2 N–H and O–H groups in total. The SMILES string of the molecule is CCOC(=O)CC(CC(F)(F)F)(CC(F)(F)F)P(=O)(O)O. The van der Waals surface area contributed by atoms with Gasteiger partial charge in [-0.15, -0.1) is 0 Å². The summed E-state index contributed by atoms with van der Waals surface area (Å²) in [7, 11) is -5.92. The Kier molecular flexibility index (Phi) is 6.28. The van der Waals surface area contributed by atoms with E-state index in [1.165, 1.54) is 6.92 Å². The van der Waals surface area contributed by atoms with Crippen LogP contribution in [0.5, 0.6) is 0 Å². The van der Waals surface area contributed by atoms with Crippen molar-refractivity contribution < 1.29 is 50.2 Å². The first kappa shape index (κ1) is 20.2. The average Bonchev–Trinajstić information content (AvgIpc) is 2.09. The summed E-state index contributed by atoms with van der Waals surface area (Å²) >= 11 is 0. The molecule has 5 nitrogen and oxygen atoms in total. The van der Waals surface area contributed by atoms with E-state index in [9.17, 15) is 35.7 Å². The van der Waals surface area contributed by atoms with Crippen LogP contribution in [0.3, 0.4) is 0 Å². The molecule has 21 heavy (non-hydrogen) atoms. The zero-order valence-electron chi connectivity index (χ0n) is 10.7. The van der Waals surface area contributed by atoms with Crippen LogP contribution in [0.15, 0.2) is 0 Å². The van der Waals surface area contributed by atoms with Gasteiger partial charge in [0.1, 0.15) is 0 Å². The fraction of sp³-hybridized carbons (Fsp3) is 0.889. The third-order valence-electron chi connectivity index (χ3n) is 2.46. The van der Waals surface area contributed by atoms with E-state index in [4.69, 9.17) is 9.79 Å². The van der Waals surface area contributed by atoms with Gasteiger partial charge in [-0.2, -0.15) is 26.3 Å². The lowest BCUT2D eigenvalue weighted by Crippen LogP contribution is -2.41. The summed E-state index contributed by atoms with van der Waals surface area (Å²) in [6.45, 7) is 0.888. The van der Waals surface area contributed by atoms with E-state index in [0.29, 0.717) is 0 Å². The van der Waals surface area contributed by atoms with Crippen molar-refractivity contribution in [1.29, 1.82) is 0 Å². The first-order valence-electron chi connectivity index (χ1n) is 5.47. The van der Waals surface area contributed by atoms with E-state index >= 15 is 0 Å². The van der Waals surface area contributed by atoms with Gasteiger partial charge in [-0.1, -0.05) is 0 Å². The Hall–Kier alpha value is -0.800. The number of carbonyl (C=O) groups is 1. The molecule has 0 aromatic heterocycles. The minimum atomic E-state index is -5.92. The van der Waals surface area contributed by atoms with Crippen molar-refractivity contribution in [2.24, 2.45) is 0 Å². The van der Waals surface area contributed by atoms with E-state index in [1.54, 1.807) is 0 Å². The zero-order chi connectivity index (χ0) is 17.1. The maximum Gasteiger partial charge on any atom is 0.390 e. The van der Waals surface area contributed by atoms with Crippen LogP contribution in [0.2, 0.25) is 0 Å². The Labute approximate surface area is 115 Å². The maximum absolute atomic E-state index is 12.4. The number of esters is 1. The summed E-state index contributed by atoms with van der Waals surface area (Å²) in [6, 6.07) is 0. The summed E-state index contributed by atoms with van der Waals surface area (Å²) in [4.78, 5) is 29.1. The molecule has 0 saturated carbocycles. The predicted molar refractivity (Wildman–Crippen MR) is 57.4 cm³/mol. The molecule has 0 rings (SSSR count). The molecule has 0 fully saturated rings. The van der Waals surface area contributed by atoms with Crippen LogP contribution in [-0.4, -0.2) is 39.9 Å². The zero-order valence-corrected chi connectivity index (χ0v) is 11.6. The molecular weight excluding hydrogens is 333 g/mol. The number of carbonyl (C=O) groups excluding carboxylic acids is 1. The first-order valence-corrected chi connectivity index (χ1v) is 7.08. The van der Waals surface area contributed by atoms with Crippen LogP contribution in [0.4, 0.5) is 26.3 Å². The Morgan fingerprint density at radius 1 is 1.05 bits per heavy atom.